The van der Waals surface area contributed by atoms with Gasteiger partial charge in [-0.05, 0) is 31.2 Å². The maximum atomic E-state index is 12.7. The molecule has 1 aliphatic heterocycles. The van der Waals surface area contributed by atoms with Crippen molar-refractivity contribution in [3.05, 3.63) is 41.7 Å². The third kappa shape index (κ3) is 4.23. The van der Waals surface area contributed by atoms with E-state index in [-0.39, 0.29) is 11.9 Å². The van der Waals surface area contributed by atoms with Crippen molar-refractivity contribution >= 4 is 29.1 Å². The van der Waals surface area contributed by atoms with Crippen LogP contribution in [0.4, 0.5) is 11.6 Å². The molecular formula is C18H23ClN5O2+. The number of benzene rings is 1. The second-order valence-corrected chi connectivity index (χ2v) is 6.69. The Labute approximate surface area is 157 Å². The van der Waals surface area contributed by atoms with Crippen molar-refractivity contribution in [2.45, 2.75) is 13.0 Å². The lowest BCUT2D eigenvalue weighted by atomic mass is 10.2. The van der Waals surface area contributed by atoms with E-state index < -0.39 is 0 Å². The summed E-state index contributed by atoms with van der Waals surface area (Å²) in [4.78, 5) is 24.6. The quantitative estimate of drug-likeness (QED) is 0.810. The molecule has 1 saturated heterocycles. The highest BCUT2D eigenvalue weighted by Crippen LogP contribution is 2.27. The number of anilines is 2. The number of piperazine rings is 1. The summed E-state index contributed by atoms with van der Waals surface area (Å²) in [6.45, 7) is 5.27. The number of ether oxygens (including phenoxy) is 1. The van der Waals surface area contributed by atoms with Gasteiger partial charge in [-0.1, -0.05) is 11.6 Å². The van der Waals surface area contributed by atoms with Crippen LogP contribution in [0.3, 0.4) is 0 Å². The number of amides is 1. The molecule has 1 aromatic heterocycles. The fourth-order valence-electron chi connectivity index (χ4n) is 3.09. The second-order valence-electron chi connectivity index (χ2n) is 6.25. The van der Waals surface area contributed by atoms with E-state index in [0.29, 0.717) is 16.5 Å². The Hall–Kier alpha value is -2.38. The molecule has 1 fully saturated rings. The van der Waals surface area contributed by atoms with E-state index in [4.69, 9.17) is 16.3 Å². The van der Waals surface area contributed by atoms with Crippen molar-refractivity contribution in [2.24, 2.45) is 0 Å². The van der Waals surface area contributed by atoms with Gasteiger partial charge in [-0.15, -0.1) is 0 Å². The van der Waals surface area contributed by atoms with Crippen molar-refractivity contribution in [1.29, 1.82) is 0 Å². The predicted molar refractivity (Wildman–Crippen MR) is 101 cm³/mol. The lowest BCUT2D eigenvalue weighted by Gasteiger charge is -2.34. The van der Waals surface area contributed by atoms with Crippen LogP contribution in [0.1, 0.15) is 6.92 Å². The fraction of sp³-hybridized carbons (Fsp3) is 0.389. The Balaban J connectivity index is 1.59. The van der Waals surface area contributed by atoms with Crippen LogP contribution in [0, 0.1) is 0 Å². The van der Waals surface area contributed by atoms with E-state index in [0.717, 1.165) is 32.1 Å². The van der Waals surface area contributed by atoms with Crippen LogP contribution in [-0.2, 0) is 4.79 Å². The Kier molecular flexibility index (Phi) is 5.90. The third-order valence-electron chi connectivity index (χ3n) is 4.67. The van der Waals surface area contributed by atoms with Crippen molar-refractivity contribution in [3.63, 3.8) is 0 Å². The standard InChI is InChI=1S/C18H22ClN5O2/c1-13(17(25)22-15-12-14(19)4-5-16(15)26-2)23-8-10-24(11-9-23)18-20-6-3-7-21-18/h3-7,12-13H,8-11H2,1-2H3,(H,22,25)/p+1/t13-/m0/s1. The Morgan fingerprint density at radius 3 is 2.65 bits per heavy atom. The molecule has 0 unspecified atom stereocenters. The number of quaternary nitrogens is 1. The molecule has 1 aliphatic rings. The van der Waals surface area contributed by atoms with Gasteiger partial charge in [-0.3, -0.25) is 4.79 Å². The molecule has 0 saturated carbocycles. The first-order valence-electron chi connectivity index (χ1n) is 8.59. The Bertz CT molecular complexity index is 751. The van der Waals surface area contributed by atoms with Crippen LogP contribution >= 0.6 is 11.6 Å². The number of nitrogens with zero attached hydrogens (tertiary/aromatic N) is 3. The van der Waals surface area contributed by atoms with Crippen LogP contribution in [-0.4, -0.2) is 55.2 Å². The summed E-state index contributed by atoms with van der Waals surface area (Å²) in [6, 6.07) is 6.80. The average Bonchev–Trinajstić information content (AvgIpc) is 2.68. The first kappa shape index (κ1) is 18.4. The number of methoxy groups -OCH3 is 1. The molecule has 2 heterocycles. The molecule has 26 heavy (non-hydrogen) atoms. The molecule has 1 amide bonds. The second kappa shape index (κ2) is 8.33. The summed E-state index contributed by atoms with van der Waals surface area (Å²) in [5, 5.41) is 3.49. The Morgan fingerprint density at radius 2 is 2.00 bits per heavy atom. The van der Waals surface area contributed by atoms with E-state index in [1.54, 1.807) is 37.7 Å². The summed E-state index contributed by atoms with van der Waals surface area (Å²) in [5.74, 6) is 1.29. The largest absolute Gasteiger partial charge is 0.495 e. The summed E-state index contributed by atoms with van der Waals surface area (Å²) in [6.07, 6.45) is 3.49. The van der Waals surface area contributed by atoms with Crippen LogP contribution in [0.2, 0.25) is 5.02 Å². The van der Waals surface area contributed by atoms with Crippen LogP contribution in [0.15, 0.2) is 36.7 Å². The zero-order chi connectivity index (χ0) is 18.5. The molecule has 1 aromatic carbocycles. The van der Waals surface area contributed by atoms with Gasteiger partial charge in [0.2, 0.25) is 5.95 Å². The first-order chi connectivity index (χ1) is 12.6. The van der Waals surface area contributed by atoms with E-state index in [9.17, 15) is 4.79 Å². The maximum Gasteiger partial charge on any atom is 0.282 e. The number of carbonyl (C=O) groups is 1. The molecule has 2 aromatic rings. The summed E-state index contributed by atoms with van der Waals surface area (Å²) in [7, 11) is 1.57. The van der Waals surface area contributed by atoms with Crippen LogP contribution in [0.25, 0.3) is 0 Å². The smallest absolute Gasteiger partial charge is 0.282 e. The predicted octanol–water partition coefficient (Wildman–Crippen LogP) is 0.871. The molecule has 0 aliphatic carbocycles. The number of hydrogen-bond donors (Lipinski definition) is 2. The molecule has 2 N–H and O–H groups in total. The van der Waals surface area contributed by atoms with Gasteiger partial charge in [0.05, 0.1) is 39.0 Å². The summed E-state index contributed by atoms with van der Waals surface area (Å²) in [5.41, 5.74) is 0.590. The molecule has 0 spiro atoms. The number of aromatic nitrogens is 2. The minimum Gasteiger partial charge on any atom is -0.495 e. The molecule has 3 rings (SSSR count). The minimum absolute atomic E-state index is 0.0509. The van der Waals surface area contributed by atoms with Gasteiger partial charge < -0.3 is 19.9 Å². The molecule has 7 nitrogen and oxygen atoms in total. The first-order valence-corrected chi connectivity index (χ1v) is 8.97. The van der Waals surface area contributed by atoms with E-state index >= 15 is 0 Å². The van der Waals surface area contributed by atoms with Crippen molar-refractivity contribution in [2.75, 3.05) is 43.5 Å². The number of rotatable bonds is 5. The SMILES string of the molecule is COc1ccc(Cl)cc1NC(=O)[C@H](C)[NH+]1CCN(c2ncccn2)CC1. The Morgan fingerprint density at radius 1 is 1.31 bits per heavy atom. The zero-order valence-corrected chi connectivity index (χ0v) is 15.7. The van der Waals surface area contributed by atoms with Crippen molar-refractivity contribution < 1.29 is 14.4 Å². The van der Waals surface area contributed by atoms with Crippen molar-refractivity contribution in [3.8, 4) is 5.75 Å². The van der Waals surface area contributed by atoms with Gasteiger partial charge >= 0.3 is 0 Å². The zero-order valence-electron chi connectivity index (χ0n) is 14.9. The summed E-state index contributed by atoms with van der Waals surface area (Å²) < 4.78 is 5.29. The van der Waals surface area contributed by atoms with Crippen LogP contribution in [0.5, 0.6) is 5.75 Å². The number of hydrogen-bond acceptors (Lipinski definition) is 5. The number of carbonyl (C=O) groups excluding carboxylic acids is 1. The molecule has 0 radical (unpaired) electrons. The highest BCUT2D eigenvalue weighted by Gasteiger charge is 2.30. The van der Waals surface area contributed by atoms with E-state index in [2.05, 4.69) is 20.2 Å². The monoisotopic (exact) mass is 376 g/mol. The van der Waals surface area contributed by atoms with Gasteiger partial charge in [0.15, 0.2) is 6.04 Å². The number of nitrogens with one attached hydrogen (secondary N) is 2. The molecule has 8 heteroatoms. The fourth-order valence-corrected chi connectivity index (χ4v) is 3.26. The van der Waals surface area contributed by atoms with Gasteiger partial charge in [-0.25, -0.2) is 9.97 Å². The van der Waals surface area contributed by atoms with Gasteiger partial charge in [0.1, 0.15) is 5.75 Å². The normalized spacial score (nSPS) is 16.2. The van der Waals surface area contributed by atoms with Gasteiger partial charge in [0.25, 0.3) is 5.91 Å². The molecule has 0 bridgehead atoms. The summed E-state index contributed by atoms with van der Waals surface area (Å²) >= 11 is 6.03. The van der Waals surface area contributed by atoms with E-state index in [1.165, 1.54) is 4.90 Å². The third-order valence-corrected chi connectivity index (χ3v) is 4.90. The highest BCUT2D eigenvalue weighted by molar-refractivity contribution is 6.31. The molecule has 138 valence electrons. The average molecular weight is 377 g/mol. The van der Waals surface area contributed by atoms with E-state index in [1.807, 2.05) is 13.0 Å². The number of halogens is 1. The minimum atomic E-state index is -0.183. The maximum absolute atomic E-state index is 12.7. The highest BCUT2D eigenvalue weighted by atomic mass is 35.5. The van der Waals surface area contributed by atoms with Crippen LogP contribution < -0.4 is 19.9 Å². The van der Waals surface area contributed by atoms with Crippen molar-refractivity contribution in [1.82, 2.24) is 9.97 Å². The topological polar surface area (TPSA) is 71.8 Å². The lowest BCUT2D eigenvalue weighted by Crippen LogP contribution is -3.19. The molecular weight excluding hydrogens is 354 g/mol. The lowest BCUT2D eigenvalue weighted by molar-refractivity contribution is -0.914. The molecule has 1 atom stereocenters. The van der Waals surface area contributed by atoms with Gasteiger partial charge in [0, 0.05) is 17.4 Å². The van der Waals surface area contributed by atoms with Gasteiger partial charge in [-0.2, -0.15) is 0 Å².